The number of rotatable bonds is 3. The van der Waals surface area contributed by atoms with Crippen LogP contribution in [0.2, 0.25) is 5.02 Å². The van der Waals surface area contributed by atoms with E-state index in [2.05, 4.69) is 4.99 Å². The van der Waals surface area contributed by atoms with E-state index in [-0.39, 0.29) is 11.5 Å². The van der Waals surface area contributed by atoms with Gasteiger partial charge in [0.1, 0.15) is 0 Å². The van der Waals surface area contributed by atoms with Gasteiger partial charge in [0.15, 0.2) is 5.17 Å². The van der Waals surface area contributed by atoms with Crippen LogP contribution in [0.4, 0.5) is 5.69 Å². The molecule has 1 saturated heterocycles. The Morgan fingerprint density at radius 2 is 1.88 bits per heavy atom. The highest BCUT2D eigenvalue weighted by Gasteiger charge is 2.30. The van der Waals surface area contributed by atoms with E-state index in [1.165, 1.54) is 28.8 Å². The highest BCUT2D eigenvalue weighted by molar-refractivity contribution is 8.18. The van der Waals surface area contributed by atoms with Gasteiger partial charge in [0, 0.05) is 12.1 Å². The van der Waals surface area contributed by atoms with Gasteiger partial charge in [0.05, 0.1) is 16.2 Å². The summed E-state index contributed by atoms with van der Waals surface area (Å²) in [6.07, 6.45) is 1.74. The molecular weight excluding hydrogens is 360 g/mol. The van der Waals surface area contributed by atoms with Crippen LogP contribution in [0.25, 0.3) is 6.08 Å². The van der Waals surface area contributed by atoms with Gasteiger partial charge in [-0.2, -0.15) is 0 Å². The van der Waals surface area contributed by atoms with Crippen molar-refractivity contribution in [2.45, 2.75) is 0 Å². The molecule has 1 fully saturated rings. The molecule has 0 saturated carbocycles. The monoisotopic (exact) mass is 372 g/mol. The van der Waals surface area contributed by atoms with Crippen molar-refractivity contribution in [3.63, 3.8) is 0 Å². The number of amidine groups is 1. The van der Waals surface area contributed by atoms with Gasteiger partial charge in [-0.1, -0.05) is 29.8 Å². The number of benzene rings is 2. The molecule has 0 unspecified atom stereocenters. The summed E-state index contributed by atoms with van der Waals surface area (Å²) in [7, 11) is 1.65. The van der Waals surface area contributed by atoms with E-state index in [9.17, 15) is 9.59 Å². The van der Waals surface area contributed by atoms with Crippen molar-refractivity contribution in [2.24, 2.45) is 4.99 Å². The Morgan fingerprint density at radius 3 is 2.52 bits per heavy atom. The molecule has 0 spiro atoms. The first-order valence-electron chi connectivity index (χ1n) is 7.30. The molecule has 0 aliphatic carbocycles. The minimum Gasteiger partial charge on any atom is -0.478 e. The van der Waals surface area contributed by atoms with Crippen LogP contribution in [0, 0.1) is 0 Å². The Kier molecular flexibility index (Phi) is 4.92. The molecule has 0 atom stereocenters. The molecule has 25 heavy (non-hydrogen) atoms. The molecule has 0 bridgehead atoms. The molecule has 5 nitrogen and oxygen atoms in total. The summed E-state index contributed by atoms with van der Waals surface area (Å²) in [5.74, 6) is -1.16. The van der Waals surface area contributed by atoms with Crippen molar-refractivity contribution in [3.05, 3.63) is 69.6 Å². The lowest BCUT2D eigenvalue weighted by molar-refractivity contribution is -0.121. The number of carbonyl (C=O) groups excluding carboxylic acids is 1. The lowest BCUT2D eigenvalue weighted by atomic mass is 10.2. The van der Waals surface area contributed by atoms with Crippen molar-refractivity contribution >= 4 is 52.2 Å². The third kappa shape index (κ3) is 3.75. The molecule has 2 aromatic rings. The quantitative estimate of drug-likeness (QED) is 0.817. The van der Waals surface area contributed by atoms with E-state index >= 15 is 0 Å². The Balaban J connectivity index is 1.88. The fourth-order valence-electron chi connectivity index (χ4n) is 2.17. The number of aromatic carboxylic acids is 1. The van der Waals surface area contributed by atoms with Crippen molar-refractivity contribution in [2.75, 3.05) is 7.05 Å². The topological polar surface area (TPSA) is 70.0 Å². The van der Waals surface area contributed by atoms with Crippen LogP contribution in [0.15, 0.2) is 58.4 Å². The largest absolute Gasteiger partial charge is 0.478 e. The average Bonchev–Trinajstić information content (AvgIpc) is 2.85. The second-order valence-electron chi connectivity index (χ2n) is 5.24. The molecular formula is C18H13ClN2O3S. The number of hydrogen-bond donors (Lipinski definition) is 1. The summed E-state index contributed by atoms with van der Waals surface area (Å²) in [6.45, 7) is 0. The summed E-state index contributed by atoms with van der Waals surface area (Å²) in [5, 5.41) is 10.0. The number of thioether (sulfide) groups is 1. The van der Waals surface area contributed by atoms with Crippen LogP contribution < -0.4 is 0 Å². The zero-order valence-corrected chi connectivity index (χ0v) is 14.7. The lowest BCUT2D eigenvalue weighted by Crippen LogP contribution is -2.23. The molecule has 1 N–H and O–H groups in total. The van der Waals surface area contributed by atoms with Crippen LogP contribution in [-0.4, -0.2) is 34.1 Å². The normalized spacial score (nSPS) is 17.5. The van der Waals surface area contributed by atoms with Crippen molar-refractivity contribution in [3.8, 4) is 0 Å². The molecule has 1 amide bonds. The number of likely N-dealkylation sites (N-methyl/N-ethyl adjacent to an activating group) is 1. The number of nitrogens with zero attached hydrogens (tertiary/aromatic N) is 2. The first-order valence-corrected chi connectivity index (χ1v) is 8.49. The zero-order chi connectivity index (χ0) is 18.0. The fourth-order valence-corrected chi connectivity index (χ4v) is 3.34. The predicted molar refractivity (Wildman–Crippen MR) is 100 cm³/mol. The molecule has 1 aliphatic heterocycles. The van der Waals surface area contributed by atoms with Crippen LogP contribution in [-0.2, 0) is 4.79 Å². The van der Waals surface area contributed by atoms with Gasteiger partial charge in [0.25, 0.3) is 5.91 Å². The van der Waals surface area contributed by atoms with E-state index in [0.717, 1.165) is 5.56 Å². The number of hydrogen-bond acceptors (Lipinski definition) is 4. The molecule has 1 aliphatic rings. The number of carboxylic acid groups (broad SMARTS) is 1. The van der Waals surface area contributed by atoms with Gasteiger partial charge in [-0.25, -0.2) is 9.79 Å². The first-order chi connectivity index (χ1) is 12.0. The molecule has 0 radical (unpaired) electrons. The average molecular weight is 373 g/mol. The Hall–Kier alpha value is -2.57. The molecule has 0 aromatic heterocycles. The summed E-state index contributed by atoms with van der Waals surface area (Å²) in [5.41, 5.74) is 1.53. The van der Waals surface area contributed by atoms with Gasteiger partial charge in [-0.05, 0) is 53.7 Å². The fraction of sp³-hybridized carbons (Fsp3) is 0.0556. The highest BCUT2D eigenvalue weighted by atomic mass is 35.5. The third-order valence-electron chi connectivity index (χ3n) is 3.53. The second-order valence-corrected chi connectivity index (χ2v) is 6.66. The third-order valence-corrected chi connectivity index (χ3v) is 4.94. The Labute approximate surface area is 153 Å². The van der Waals surface area contributed by atoms with Gasteiger partial charge in [-0.15, -0.1) is 0 Å². The van der Waals surface area contributed by atoms with Gasteiger partial charge in [0.2, 0.25) is 0 Å². The molecule has 3 rings (SSSR count). The summed E-state index contributed by atoms with van der Waals surface area (Å²) >= 11 is 7.38. The van der Waals surface area contributed by atoms with Crippen LogP contribution in [0.5, 0.6) is 0 Å². The van der Waals surface area contributed by atoms with Crippen molar-refractivity contribution in [1.29, 1.82) is 0 Å². The maximum atomic E-state index is 12.4. The molecule has 1 heterocycles. The minimum atomic E-state index is -0.994. The van der Waals surface area contributed by atoms with Gasteiger partial charge < -0.3 is 5.11 Å². The van der Waals surface area contributed by atoms with Crippen molar-refractivity contribution < 1.29 is 14.7 Å². The first kappa shape index (κ1) is 17.3. The van der Waals surface area contributed by atoms with Gasteiger partial charge in [-0.3, -0.25) is 9.69 Å². The van der Waals surface area contributed by atoms with E-state index in [1.54, 1.807) is 31.3 Å². The van der Waals surface area contributed by atoms with E-state index in [1.807, 2.05) is 18.2 Å². The minimum absolute atomic E-state index is 0.161. The maximum absolute atomic E-state index is 12.4. The number of aliphatic imine (C=N–C) groups is 1. The van der Waals surface area contributed by atoms with E-state index in [4.69, 9.17) is 16.7 Å². The predicted octanol–water partition coefficient (Wildman–Crippen LogP) is 4.27. The van der Waals surface area contributed by atoms with Crippen molar-refractivity contribution in [1.82, 2.24) is 4.90 Å². The van der Waals surface area contributed by atoms with Crippen LogP contribution >= 0.6 is 23.4 Å². The Bertz CT molecular complexity index is 907. The standard InChI is InChI=1S/C18H13ClN2O3S/c1-21-16(22)15(10-12-4-2-3-5-14(12)19)25-18(21)20-13-8-6-11(7-9-13)17(23)24/h2-10H,1H3,(H,23,24)/b15-10-,20-18?. The van der Waals surface area contributed by atoms with E-state index < -0.39 is 5.97 Å². The zero-order valence-electron chi connectivity index (χ0n) is 13.1. The smallest absolute Gasteiger partial charge is 0.335 e. The Morgan fingerprint density at radius 1 is 1.20 bits per heavy atom. The molecule has 2 aromatic carbocycles. The number of halogens is 1. The SMILES string of the molecule is CN1C(=O)/C(=C/c2ccccc2Cl)SC1=Nc1ccc(C(=O)O)cc1. The highest BCUT2D eigenvalue weighted by Crippen LogP contribution is 2.34. The molecule has 7 heteroatoms. The summed E-state index contributed by atoms with van der Waals surface area (Å²) in [4.78, 5) is 29.7. The number of carbonyl (C=O) groups is 2. The second kappa shape index (κ2) is 7.13. The molecule has 126 valence electrons. The van der Waals surface area contributed by atoms with Crippen LogP contribution in [0.1, 0.15) is 15.9 Å². The maximum Gasteiger partial charge on any atom is 0.335 e. The van der Waals surface area contributed by atoms with Gasteiger partial charge >= 0.3 is 5.97 Å². The number of amides is 1. The summed E-state index contributed by atoms with van der Waals surface area (Å²) < 4.78 is 0. The lowest BCUT2D eigenvalue weighted by Gasteiger charge is -2.07. The number of carboxylic acids is 1. The summed E-state index contributed by atoms with van der Waals surface area (Å²) in [6, 6.07) is 13.4. The van der Waals surface area contributed by atoms with Crippen LogP contribution in [0.3, 0.4) is 0 Å². The van der Waals surface area contributed by atoms with E-state index in [0.29, 0.717) is 20.8 Å².